The van der Waals surface area contributed by atoms with Gasteiger partial charge in [0.2, 0.25) is 0 Å². The van der Waals surface area contributed by atoms with Crippen LogP contribution in [0.2, 0.25) is 0 Å². The lowest BCUT2D eigenvalue weighted by molar-refractivity contribution is -0.164. The summed E-state index contributed by atoms with van der Waals surface area (Å²) in [6.07, 6.45) is 0.0559. The van der Waals surface area contributed by atoms with Gasteiger partial charge in [-0.1, -0.05) is 12.1 Å². The topological polar surface area (TPSA) is 136 Å². The molecule has 0 radical (unpaired) electrons. The van der Waals surface area contributed by atoms with E-state index in [9.17, 15) is 9.59 Å². The van der Waals surface area contributed by atoms with E-state index in [0.29, 0.717) is 23.5 Å². The number of amidine groups is 2. The summed E-state index contributed by atoms with van der Waals surface area (Å²) in [6, 6.07) is 14.2. The Morgan fingerprint density at radius 3 is 2.38 bits per heavy atom. The molecule has 37 heavy (non-hydrogen) atoms. The van der Waals surface area contributed by atoms with Crippen molar-refractivity contribution >= 4 is 45.0 Å². The molecule has 4 N–H and O–H groups in total. The van der Waals surface area contributed by atoms with Crippen LogP contribution < -0.4 is 15.8 Å². The fourth-order valence-corrected chi connectivity index (χ4v) is 5.35. The Hall–Kier alpha value is -3.92. The molecule has 0 saturated heterocycles. The third kappa shape index (κ3) is 5.59. The van der Waals surface area contributed by atoms with E-state index in [-0.39, 0.29) is 25.5 Å². The number of nitrogens with two attached hydrogens (primary N) is 1. The number of carbonyl (C=O) groups excluding carboxylic acids is 2. The summed E-state index contributed by atoms with van der Waals surface area (Å²) in [5, 5.41) is 11.7. The maximum Gasteiger partial charge on any atom is 0.328 e. The minimum absolute atomic E-state index is 0.0277. The molecule has 1 aliphatic rings. The summed E-state index contributed by atoms with van der Waals surface area (Å²) in [5.41, 5.74) is 5.00. The molecular formula is C27H30N4O5S. The summed E-state index contributed by atoms with van der Waals surface area (Å²) in [5.74, 6) is -0.00304. The molecule has 0 saturated carbocycles. The van der Waals surface area contributed by atoms with Crippen LogP contribution in [0.3, 0.4) is 0 Å². The van der Waals surface area contributed by atoms with E-state index in [4.69, 9.17) is 25.4 Å². The Bertz CT molecular complexity index is 1310. The number of esters is 2. The standard InChI is InChI=1S/C27H30N4O5S/c1-3-34-25(32)27(26(33)35-4-2,15-21-14-18-13-17(24(28)29)5-10-22(18)37-21)19-6-8-20(9-7-19)36-16-23-30-11-12-31-23/h5-10,13-14H,3-4,11-12,15-16H2,1-2H3,(H3,28,29)(H,30,31). The summed E-state index contributed by atoms with van der Waals surface area (Å²) in [7, 11) is 0. The fraction of sp³-hybridized carbons (Fsp3) is 0.333. The molecule has 3 aromatic rings. The van der Waals surface area contributed by atoms with Crippen LogP contribution in [0.25, 0.3) is 10.1 Å². The van der Waals surface area contributed by atoms with E-state index in [2.05, 4.69) is 10.3 Å². The Morgan fingerprint density at radius 2 is 1.78 bits per heavy atom. The zero-order chi connectivity index (χ0) is 26.4. The molecule has 0 atom stereocenters. The molecule has 4 rings (SSSR count). The fourth-order valence-electron chi connectivity index (χ4n) is 4.22. The van der Waals surface area contributed by atoms with Gasteiger partial charge in [0.05, 0.1) is 19.8 Å². The Morgan fingerprint density at radius 1 is 1.08 bits per heavy atom. The van der Waals surface area contributed by atoms with Crippen molar-refractivity contribution < 1.29 is 23.8 Å². The molecule has 2 heterocycles. The number of nitrogen functional groups attached to an aromatic ring is 1. The molecule has 0 fully saturated rings. The molecule has 1 aromatic heterocycles. The van der Waals surface area contributed by atoms with Gasteiger partial charge in [-0.3, -0.25) is 20.0 Å². The predicted octanol–water partition coefficient (Wildman–Crippen LogP) is 3.17. The van der Waals surface area contributed by atoms with Crippen LogP contribution in [-0.2, 0) is 30.9 Å². The molecule has 194 valence electrons. The van der Waals surface area contributed by atoms with Crippen molar-refractivity contribution in [2.45, 2.75) is 25.7 Å². The van der Waals surface area contributed by atoms with Crippen LogP contribution in [0.4, 0.5) is 0 Å². The zero-order valence-corrected chi connectivity index (χ0v) is 21.7. The normalized spacial score (nSPS) is 13.1. The number of carbonyl (C=O) groups is 2. The highest BCUT2D eigenvalue weighted by Gasteiger charge is 2.51. The van der Waals surface area contributed by atoms with Crippen molar-refractivity contribution in [1.29, 1.82) is 5.41 Å². The van der Waals surface area contributed by atoms with Gasteiger partial charge in [-0.15, -0.1) is 11.3 Å². The Kier molecular flexibility index (Phi) is 8.08. The van der Waals surface area contributed by atoms with Crippen LogP contribution in [0, 0.1) is 5.41 Å². The number of rotatable bonds is 11. The van der Waals surface area contributed by atoms with Crippen LogP contribution in [0.15, 0.2) is 53.5 Å². The SMILES string of the molecule is CCOC(=O)C(Cc1cc2cc(C(=N)N)ccc2s1)(C(=O)OCC)c1ccc(OCC2=NCCN2)cc1. The second-order valence-electron chi connectivity index (χ2n) is 8.47. The summed E-state index contributed by atoms with van der Waals surface area (Å²) < 4.78 is 17.6. The first-order chi connectivity index (χ1) is 17.9. The lowest BCUT2D eigenvalue weighted by Gasteiger charge is -2.29. The number of ether oxygens (including phenoxy) is 3. The third-order valence-electron chi connectivity index (χ3n) is 6.03. The number of thiophene rings is 1. The number of fused-ring (bicyclic) bond motifs is 1. The van der Waals surface area contributed by atoms with Crippen LogP contribution in [0.1, 0.15) is 29.9 Å². The average molecular weight is 523 g/mol. The summed E-state index contributed by atoms with van der Waals surface area (Å²) in [4.78, 5) is 32.1. The van der Waals surface area contributed by atoms with Crippen LogP contribution in [-0.4, -0.2) is 56.5 Å². The molecule has 9 nitrogen and oxygen atoms in total. The first-order valence-corrected chi connectivity index (χ1v) is 12.9. The van der Waals surface area contributed by atoms with Gasteiger partial charge >= 0.3 is 11.9 Å². The molecule has 10 heteroatoms. The van der Waals surface area contributed by atoms with Crippen molar-refractivity contribution in [3.63, 3.8) is 0 Å². The number of hydrogen-bond donors (Lipinski definition) is 3. The maximum absolute atomic E-state index is 13.5. The Labute approximate surface area is 219 Å². The van der Waals surface area contributed by atoms with E-state index in [1.807, 2.05) is 18.2 Å². The van der Waals surface area contributed by atoms with Gasteiger partial charge in [-0.2, -0.15) is 0 Å². The maximum atomic E-state index is 13.5. The minimum atomic E-state index is -1.70. The lowest BCUT2D eigenvalue weighted by Crippen LogP contribution is -2.48. The van der Waals surface area contributed by atoms with E-state index < -0.39 is 17.4 Å². The number of benzene rings is 2. The highest BCUT2D eigenvalue weighted by molar-refractivity contribution is 7.19. The quantitative estimate of drug-likeness (QED) is 0.152. The number of nitrogens with one attached hydrogen (secondary N) is 2. The molecular weight excluding hydrogens is 492 g/mol. The second-order valence-corrected chi connectivity index (χ2v) is 9.64. The van der Waals surface area contributed by atoms with Crippen LogP contribution >= 0.6 is 11.3 Å². The van der Waals surface area contributed by atoms with E-state index in [0.717, 1.165) is 33.9 Å². The van der Waals surface area contributed by atoms with Gasteiger partial charge in [-0.05, 0) is 61.2 Å². The van der Waals surface area contributed by atoms with Crippen molar-refractivity contribution in [1.82, 2.24) is 5.32 Å². The largest absolute Gasteiger partial charge is 0.486 e. The van der Waals surface area contributed by atoms with Crippen molar-refractivity contribution in [3.05, 3.63) is 64.5 Å². The lowest BCUT2D eigenvalue weighted by atomic mass is 9.76. The monoisotopic (exact) mass is 522 g/mol. The minimum Gasteiger partial charge on any atom is -0.486 e. The highest BCUT2D eigenvalue weighted by atomic mass is 32.1. The molecule has 0 spiro atoms. The zero-order valence-electron chi connectivity index (χ0n) is 20.8. The van der Waals surface area contributed by atoms with Crippen molar-refractivity contribution in [3.8, 4) is 5.75 Å². The van der Waals surface area contributed by atoms with Gasteiger partial charge in [0, 0.05) is 28.1 Å². The van der Waals surface area contributed by atoms with Gasteiger partial charge in [0.1, 0.15) is 24.0 Å². The average Bonchev–Trinajstić information content (AvgIpc) is 3.55. The van der Waals surface area contributed by atoms with Gasteiger partial charge in [-0.25, -0.2) is 0 Å². The van der Waals surface area contributed by atoms with E-state index in [1.165, 1.54) is 11.3 Å². The summed E-state index contributed by atoms with van der Waals surface area (Å²) in [6.45, 7) is 5.47. The van der Waals surface area contributed by atoms with Gasteiger partial charge in [0.15, 0.2) is 5.41 Å². The molecule has 1 aliphatic heterocycles. The van der Waals surface area contributed by atoms with E-state index >= 15 is 0 Å². The summed E-state index contributed by atoms with van der Waals surface area (Å²) >= 11 is 1.46. The number of aliphatic imine (C=N–C) groups is 1. The van der Waals surface area contributed by atoms with Crippen LogP contribution in [0.5, 0.6) is 5.75 Å². The Balaban J connectivity index is 1.72. The van der Waals surface area contributed by atoms with Gasteiger partial charge in [0.25, 0.3) is 0 Å². The molecule has 0 amide bonds. The first kappa shape index (κ1) is 26.2. The van der Waals surface area contributed by atoms with Crippen molar-refractivity contribution in [2.75, 3.05) is 32.9 Å². The molecule has 0 bridgehead atoms. The van der Waals surface area contributed by atoms with E-state index in [1.54, 1.807) is 44.2 Å². The molecule has 0 aliphatic carbocycles. The smallest absolute Gasteiger partial charge is 0.328 e. The highest BCUT2D eigenvalue weighted by Crippen LogP contribution is 2.37. The third-order valence-corrected chi connectivity index (χ3v) is 7.15. The van der Waals surface area contributed by atoms with Gasteiger partial charge < -0.3 is 25.3 Å². The number of hydrogen-bond acceptors (Lipinski definition) is 9. The second kappa shape index (κ2) is 11.4. The van der Waals surface area contributed by atoms with Crippen molar-refractivity contribution in [2.24, 2.45) is 10.7 Å². The number of nitrogens with zero attached hydrogens (tertiary/aromatic N) is 1. The predicted molar refractivity (Wildman–Crippen MR) is 144 cm³/mol. The molecule has 2 aromatic carbocycles. The molecule has 0 unspecified atom stereocenters. The first-order valence-electron chi connectivity index (χ1n) is 12.1.